The van der Waals surface area contributed by atoms with Gasteiger partial charge in [-0.3, -0.25) is 14.6 Å². The van der Waals surface area contributed by atoms with Crippen LogP contribution in [-0.2, 0) is 11.3 Å². The summed E-state index contributed by atoms with van der Waals surface area (Å²) in [6, 6.07) is 11.6. The van der Waals surface area contributed by atoms with Crippen LogP contribution < -0.4 is 16.4 Å². The van der Waals surface area contributed by atoms with E-state index in [1.54, 1.807) is 27.0 Å². The number of nitrogens with one attached hydrogen (secondary N) is 2. The van der Waals surface area contributed by atoms with E-state index in [1.807, 2.05) is 50.2 Å². The van der Waals surface area contributed by atoms with Crippen LogP contribution in [0, 0.1) is 6.92 Å². The second-order valence-corrected chi connectivity index (χ2v) is 10.4. The van der Waals surface area contributed by atoms with Crippen LogP contribution in [0.25, 0.3) is 11.3 Å². The van der Waals surface area contributed by atoms with Crippen LogP contribution in [0.4, 0.5) is 5.95 Å². The van der Waals surface area contributed by atoms with Crippen LogP contribution in [0.2, 0.25) is 5.02 Å². The fourth-order valence-electron chi connectivity index (χ4n) is 4.67. The molecule has 0 unspecified atom stereocenters. The number of aliphatic hydroxyl groups excluding tert-OH is 1. The Morgan fingerprint density at radius 1 is 1.24 bits per heavy atom. The molecule has 11 heteroatoms. The molecule has 0 saturated heterocycles. The van der Waals surface area contributed by atoms with E-state index in [2.05, 4.69) is 25.6 Å². The van der Waals surface area contributed by atoms with Gasteiger partial charge in [0, 0.05) is 30.4 Å². The molecule has 4 rings (SSSR count). The average Bonchev–Trinajstić information content (AvgIpc) is 3.29. The van der Waals surface area contributed by atoms with E-state index in [1.165, 1.54) is 11.1 Å². The molecule has 2 amide bonds. The molecule has 5 N–H and O–H groups in total. The van der Waals surface area contributed by atoms with E-state index in [0.29, 0.717) is 38.9 Å². The number of carbonyl (C=O) groups excluding carboxylic acids is 2. The maximum atomic E-state index is 13.5. The predicted octanol–water partition coefficient (Wildman–Crippen LogP) is 3.99. The number of rotatable bonds is 9. The van der Waals surface area contributed by atoms with Gasteiger partial charge >= 0.3 is 0 Å². The molecule has 0 fully saturated rings. The number of fused-ring (bicyclic) bond motifs is 1. The lowest BCUT2D eigenvalue weighted by molar-refractivity contribution is -0.126. The number of aliphatic imine (C=N–C) groups is 1. The summed E-state index contributed by atoms with van der Waals surface area (Å²) >= 11 is 6.47. The molecule has 1 aromatic heterocycles. The summed E-state index contributed by atoms with van der Waals surface area (Å²) in [7, 11) is 1.67. The molecule has 10 nitrogen and oxygen atoms in total. The number of halogens is 1. The first-order valence-corrected chi connectivity index (χ1v) is 13.5. The van der Waals surface area contributed by atoms with Crippen LogP contribution >= 0.6 is 11.6 Å². The van der Waals surface area contributed by atoms with Gasteiger partial charge in [0.25, 0.3) is 5.91 Å². The summed E-state index contributed by atoms with van der Waals surface area (Å²) in [6.07, 6.45) is 1.48. The van der Waals surface area contributed by atoms with Gasteiger partial charge in [-0.05, 0) is 44.9 Å². The standard InChI is InChI=1S/C30H34ClN7O3/c1-16-7-6-8-20(11-16)25(15-39)35-28(40)19(4)38-14-22-10-9-21(12-23(22)29(38)41)27-24(31)13-34-30(37-27)36-26(17(2)32)18(3)33-5/h6-13,19,25,39H,14-15,32H2,1-5H3,(H,35,40)(H,34,36,37)/t19-,25-/m1/s1. The summed E-state index contributed by atoms with van der Waals surface area (Å²) in [6.45, 7) is 7.21. The van der Waals surface area contributed by atoms with Crippen molar-refractivity contribution < 1.29 is 14.7 Å². The zero-order valence-electron chi connectivity index (χ0n) is 23.7. The fraction of sp³-hybridized carbons (Fsp3) is 0.300. The Kier molecular flexibility index (Phi) is 9.05. The van der Waals surface area contributed by atoms with Crippen molar-refractivity contribution in [2.24, 2.45) is 10.7 Å². The van der Waals surface area contributed by atoms with Gasteiger partial charge in [0.1, 0.15) is 6.04 Å². The lowest BCUT2D eigenvalue weighted by atomic mass is 10.0. The molecular formula is C30H34ClN7O3. The van der Waals surface area contributed by atoms with Crippen molar-refractivity contribution in [3.05, 3.63) is 87.3 Å². The van der Waals surface area contributed by atoms with E-state index in [-0.39, 0.29) is 30.9 Å². The molecule has 214 valence electrons. The third-order valence-corrected chi connectivity index (χ3v) is 7.35. The quantitative estimate of drug-likeness (QED) is 0.282. The number of carbonyl (C=O) groups is 2. The van der Waals surface area contributed by atoms with Crippen molar-refractivity contribution >= 4 is 35.1 Å². The maximum absolute atomic E-state index is 13.5. The SMILES string of the molecule is CN=C(C)C(Nc1ncc(Cl)c(-c2ccc3c(c2)C(=O)N([C@H](C)C(=O)N[C@H](CO)c2cccc(C)c2)C3)n1)=C(C)N. The predicted molar refractivity (Wildman–Crippen MR) is 161 cm³/mol. The van der Waals surface area contributed by atoms with Crippen molar-refractivity contribution in [2.45, 2.75) is 46.3 Å². The Labute approximate surface area is 244 Å². The normalized spacial score (nSPS) is 15.2. The van der Waals surface area contributed by atoms with Gasteiger partial charge in [-0.1, -0.05) is 53.6 Å². The van der Waals surface area contributed by atoms with Crippen LogP contribution in [0.3, 0.4) is 0 Å². The van der Waals surface area contributed by atoms with Crippen molar-refractivity contribution in [2.75, 3.05) is 19.0 Å². The van der Waals surface area contributed by atoms with E-state index in [4.69, 9.17) is 17.3 Å². The van der Waals surface area contributed by atoms with Crippen LogP contribution in [0.15, 0.2) is 65.0 Å². The number of aliphatic hydroxyl groups is 1. The molecule has 1 aliphatic heterocycles. The number of allylic oxidation sites excluding steroid dienone is 2. The Hall–Kier alpha value is -4.28. The summed E-state index contributed by atoms with van der Waals surface area (Å²) in [5, 5.41) is 16.2. The summed E-state index contributed by atoms with van der Waals surface area (Å²) in [5.74, 6) is -0.354. The monoisotopic (exact) mass is 575 g/mol. The zero-order chi connectivity index (χ0) is 29.8. The van der Waals surface area contributed by atoms with Gasteiger partial charge in [-0.2, -0.15) is 0 Å². The molecule has 2 atom stereocenters. The van der Waals surface area contributed by atoms with Gasteiger partial charge in [0.15, 0.2) is 0 Å². The molecule has 0 bridgehead atoms. The van der Waals surface area contributed by atoms with Crippen molar-refractivity contribution in [1.29, 1.82) is 0 Å². The van der Waals surface area contributed by atoms with Crippen molar-refractivity contribution in [1.82, 2.24) is 20.2 Å². The molecule has 0 aliphatic carbocycles. The number of benzene rings is 2. The number of nitrogens with two attached hydrogens (primary N) is 1. The first kappa shape index (κ1) is 29.7. The Morgan fingerprint density at radius 2 is 2.00 bits per heavy atom. The third kappa shape index (κ3) is 6.39. The first-order valence-electron chi connectivity index (χ1n) is 13.2. The van der Waals surface area contributed by atoms with Crippen molar-refractivity contribution in [3.63, 3.8) is 0 Å². The minimum absolute atomic E-state index is 0.261. The Morgan fingerprint density at radius 3 is 2.66 bits per heavy atom. The smallest absolute Gasteiger partial charge is 0.255 e. The lowest BCUT2D eigenvalue weighted by Gasteiger charge is -2.26. The Balaban J connectivity index is 1.55. The number of hydrogen-bond acceptors (Lipinski definition) is 8. The molecular weight excluding hydrogens is 542 g/mol. The van der Waals surface area contributed by atoms with Crippen LogP contribution in [-0.4, -0.2) is 57.2 Å². The molecule has 2 aromatic carbocycles. The topological polar surface area (TPSA) is 146 Å². The molecule has 41 heavy (non-hydrogen) atoms. The van der Waals surface area contributed by atoms with Gasteiger partial charge in [-0.15, -0.1) is 0 Å². The molecule has 2 heterocycles. The van der Waals surface area contributed by atoms with E-state index in [0.717, 1.165) is 16.7 Å². The molecule has 1 aliphatic rings. The zero-order valence-corrected chi connectivity index (χ0v) is 24.5. The minimum atomic E-state index is -0.760. The molecule has 0 saturated carbocycles. The van der Waals surface area contributed by atoms with Crippen LogP contribution in [0.1, 0.15) is 53.9 Å². The Bertz CT molecular complexity index is 1550. The number of anilines is 1. The lowest BCUT2D eigenvalue weighted by Crippen LogP contribution is -2.46. The summed E-state index contributed by atoms with van der Waals surface area (Å²) in [4.78, 5) is 41.1. The maximum Gasteiger partial charge on any atom is 0.255 e. The highest BCUT2D eigenvalue weighted by Crippen LogP contribution is 2.32. The molecule has 3 aromatic rings. The number of aryl methyl sites for hydroxylation is 1. The highest BCUT2D eigenvalue weighted by Gasteiger charge is 2.35. The summed E-state index contributed by atoms with van der Waals surface area (Å²) < 4.78 is 0. The minimum Gasteiger partial charge on any atom is -0.401 e. The summed E-state index contributed by atoms with van der Waals surface area (Å²) in [5.41, 5.74) is 12.0. The highest BCUT2D eigenvalue weighted by molar-refractivity contribution is 6.33. The largest absolute Gasteiger partial charge is 0.401 e. The number of aromatic nitrogens is 2. The van der Waals surface area contributed by atoms with Gasteiger partial charge in [0.2, 0.25) is 11.9 Å². The number of nitrogens with zero attached hydrogens (tertiary/aromatic N) is 4. The number of amides is 2. The fourth-order valence-corrected chi connectivity index (χ4v) is 4.87. The second kappa shape index (κ2) is 12.5. The highest BCUT2D eigenvalue weighted by atomic mass is 35.5. The molecule has 0 radical (unpaired) electrons. The second-order valence-electron chi connectivity index (χ2n) is 10.0. The third-order valence-electron chi connectivity index (χ3n) is 7.08. The van der Waals surface area contributed by atoms with E-state index < -0.39 is 12.1 Å². The molecule has 0 spiro atoms. The number of hydrogen-bond donors (Lipinski definition) is 4. The van der Waals surface area contributed by atoms with Crippen molar-refractivity contribution in [3.8, 4) is 11.3 Å². The van der Waals surface area contributed by atoms with Gasteiger partial charge in [-0.25, -0.2) is 9.97 Å². The van der Waals surface area contributed by atoms with Gasteiger partial charge in [0.05, 0.1) is 41.0 Å². The average molecular weight is 576 g/mol. The van der Waals surface area contributed by atoms with Crippen LogP contribution in [0.5, 0.6) is 0 Å². The first-order chi connectivity index (χ1) is 19.5. The van der Waals surface area contributed by atoms with E-state index in [9.17, 15) is 14.7 Å². The van der Waals surface area contributed by atoms with E-state index >= 15 is 0 Å². The van der Waals surface area contributed by atoms with Gasteiger partial charge < -0.3 is 26.4 Å².